The summed E-state index contributed by atoms with van der Waals surface area (Å²) in [5.74, 6) is 1.88. The number of guanidine groups is 1. The van der Waals surface area contributed by atoms with E-state index in [2.05, 4.69) is 78.5 Å². The Balaban J connectivity index is 0.00000576. The van der Waals surface area contributed by atoms with Gasteiger partial charge in [0.2, 0.25) is 0 Å². The second kappa shape index (κ2) is 12.6. The molecule has 0 saturated carbocycles. The number of pyridine rings is 1. The highest BCUT2D eigenvalue weighted by Crippen LogP contribution is 2.19. The molecule has 0 amide bonds. The van der Waals surface area contributed by atoms with Crippen molar-refractivity contribution in [2.24, 2.45) is 4.99 Å². The molecule has 0 aliphatic rings. The standard InChI is InChI=1S/C18H33N5S.HI/c1-7-19-17(22-14-18(4,5)24-6)21-13-15-10-11-16(20-12-15)23(8-2)9-3;/h10-12H,7-9,13-14H2,1-6H3,(H2,19,21,22);1H. The van der Waals surface area contributed by atoms with E-state index >= 15 is 0 Å². The Labute approximate surface area is 174 Å². The molecule has 2 N–H and O–H groups in total. The third kappa shape index (κ3) is 8.99. The fourth-order valence-electron chi connectivity index (χ4n) is 2.13. The summed E-state index contributed by atoms with van der Waals surface area (Å²) in [6.45, 7) is 15.1. The quantitative estimate of drug-likeness (QED) is 0.321. The van der Waals surface area contributed by atoms with Gasteiger partial charge < -0.3 is 15.5 Å². The van der Waals surface area contributed by atoms with Crippen LogP contribution in [-0.2, 0) is 6.54 Å². The smallest absolute Gasteiger partial charge is 0.191 e. The highest BCUT2D eigenvalue weighted by atomic mass is 127. The number of aliphatic imine (C=N–C) groups is 1. The highest BCUT2D eigenvalue weighted by molar-refractivity contribution is 14.0. The van der Waals surface area contributed by atoms with Crippen LogP contribution in [0.25, 0.3) is 0 Å². The van der Waals surface area contributed by atoms with E-state index in [0.29, 0.717) is 6.54 Å². The molecule has 0 fully saturated rings. The van der Waals surface area contributed by atoms with E-state index in [9.17, 15) is 0 Å². The van der Waals surface area contributed by atoms with Gasteiger partial charge in [0.1, 0.15) is 5.82 Å². The molecule has 0 aliphatic heterocycles. The van der Waals surface area contributed by atoms with E-state index in [4.69, 9.17) is 0 Å². The van der Waals surface area contributed by atoms with Crippen molar-refractivity contribution < 1.29 is 0 Å². The van der Waals surface area contributed by atoms with Gasteiger partial charge >= 0.3 is 0 Å². The number of nitrogens with zero attached hydrogens (tertiary/aromatic N) is 3. The van der Waals surface area contributed by atoms with Gasteiger partial charge in [-0.2, -0.15) is 11.8 Å². The number of hydrogen-bond acceptors (Lipinski definition) is 4. The first-order valence-corrected chi connectivity index (χ1v) is 9.95. The molecule has 1 aromatic rings. The highest BCUT2D eigenvalue weighted by Gasteiger charge is 2.16. The van der Waals surface area contributed by atoms with Crippen LogP contribution in [0.3, 0.4) is 0 Å². The lowest BCUT2D eigenvalue weighted by Gasteiger charge is -2.23. The Morgan fingerprint density at radius 1 is 1.20 bits per heavy atom. The monoisotopic (exact) mass is 479 g/mol. The van der Waals surface area contributed by atoms with E-state index in [1.807, 2.05) is 18.0 Å². The Kier molecular flexibility index (Phi) is 12.3. The summed E-state index contributed by atoms with van der Waals surface area (Å²) in [4.78, 5) is 11.5. The third-order valence-corrected chi connectivity index (χ3v) is 5.14. The topological polar surface area (TPSA) is 52.6 Å². The SMILES string of the molecule is CCNC(=NCc1ccc(N(CC)CC)nc1)NCC(C)(C)SC.I. The summed E-state index contributed by atoms with van der Waals surface area (Å²) in [5, 5.41) is 6.72. The Bertz CT molecular complexity index is 501. The molecular formula is C18H34IN5S. The molecule has 0 aromatic carbocycles. The number of aromatic nitrogens is 1. The van der Waals surface area contributed by atoms with Crippen LogP contribution in [0.4, 0.5) is 5.82 Å². The molecule has 1 heterocycles. The first kappa shape index (κ1) is 24.3. The molecule has 25 heavy (non-hydrogen) atoms. The van der Waals surface area contributed by atoms with Crippen LogP contribution in [0.15, 0.2) is 23.3 Å². The van der Waals surface area contributed by atoms with Crippen molar-refractivity contribution in [2.45, 2.75) is 45.9 Å². The number of halogens is 1. The summed E-state index contributed by atoms with van der Waals surface area (Å²) in [7, 11) is 0. The minimum absolute atomic E-state index is 0. The summed E-state index contributed by atoms with van der Waals surface area (Å²) >= 11 is 1.85. The van der Waals surface area contributed by atoms with Crippen LogP contribution < -0.4 is 15.5 Å². The molecule has 0 saturated heterocycles. The summed E-state index contributed by atoms with van der Waals surface area (Å²) < 4.78 is 0.184. The van der Waals surface area contributed by atoms with Crippen LogP contribution in [0, 0.1) is 0 Å². The second-order valence-electron chi connectivity index (χ2n) is 6.21. The molecule has 0 atom stereocenters. The molecule has 0 spiro atoms. The average Bonchev–Trinajstić information content (AvgIpc) is 2.59. The van der Waals surface area contributed by atoms with E-state index in [-0.39, 0.29) is 28.7 Å². The van der Waals surface area contributed by atoms with Gasteiger partial charge in [-0.1, -0.05) is 6.07 Å². The van der Waals surface area contributed by atoms with Crippen LogP contribution in [0.5, 0.6) is 0 Å². The molecule has 1 rings (SSSR count). The van der Waals surface area contributed by atoms with Crippen molar-refractivity contribution in [1.82, 2.24) is 15.6 Å². The summed E-state index contributed by atoms with van der Waals surface area (Å²) in [5.41, 5.74) is 1.12. The van der Waals surface area contributed by atoms with E-state index in [1.165, 1.54) is 0 Å². The Morgan fingerprint density at radius 2 is 1.88 bits per heavy atom. The molecule has 5 nitrogen and oxygen atoms in total. The minimum Gasteiger partial charge on any atom is -0.357 e. The molecule has 1 aromatic heterocycles. The molecule has 144 valence electrons. The Morgan fingerprint density at radius 3 is 2.36 bits per heavy atom. The molecule has 0 radical (unpaired) electrons. The van der Waals surface area contributed by atoms with Crippen LogP contribution in [-0.4, -0.2) is 48.1 Å². The van der Waals surface area contributed by atoms with Gasteiger partial charge in [-0.05, 0) is 52.5 Å². The third-order valence-electron chi connectivity index (χ3n) is 3.89. The van der Waals surface area contributed by atoms with Gasteiger partial charge in [0.15, 0.2) is 5.96 Å². The Hall–Kier alpha value is -0.700. The van der Waals surface area contributed by atoms with Gasteiger partial charge in [-0.15, -0.1) is 24.0 Å². The van der Waals surface area contributed by atoms with Crippen LogP contribution in [0.2, 0.25) is 0 Å². The molecule has 0 bridgehead atoms. The first-order valence-electron chi connectivity index (χ1n) is 8.72. The van der Waals surface area contributed by atoms with Crippen molar-refractivity contribution in [3.05, 3.63) is 23.9 Å². The normalized spacial score (nSPS) is 11.7. The molecule has 7 heteroatoms. The number of nitrogens with one attached hydrogen (secondary N) is 2. The van der Waals surface area contributed by atoms with Crippen molar-refractivity contribution in [3.63, 3.8) is 0 Å². The largest absolute Gasteiger partial charge is 0.357 e. The zero-order valence-corrected chi connectivity index (χ0v) is 19.6. The van der Waals surface area contributed by atoms with Gasteiger partial charge in [-0.3, -0.25) is 0 Å². The fourth-order valence-corrected chi connectivity index (χ4v) is 2.34. The van der Waals surface area contributed by atoms with Gasteiger partial charge in [0.25, 0.3) is 0 Å². The van der Waals surface area contributed by atoms with Gasteiger partial charge in [0.05, 0.1) is 6.54 Å². The zero-order valence-electron chi connectivity index (χ0n) is 16.4. The fraction of sp³-hybridized carbons (Fsp3) is 0.667. The lowest BCUT2D eigenvalue weighted by atomic mass is 10.2. The lowest BCUT2D eigenvalue weighted by Crippen LogP contribution is -2.43. The zero-order chi connectivity index (χ0) is 18.0. The molecular weight excluding hydrogens is 445 g/mol. The maximum absolute atomic E-state index is 4.67. The molecule has 0 aliphatic carbocycles. The predicted molar refractivity (Wildman–Crippen MR) is 124 cm³/mol. The second-order valence-corrected chi connectivity index (χ2v) is 7.72. The number of thioether (sulfide) groups is 1. The number of rotatable bonds is 9. The van der Waals surface area contributed by atoms with Crippen molar-refractivity contribution in [2.75, 3.05) is 37.3 Å². The lowest BCUT2D eigenvalue weighted by molar-refractivity contribution is 0.665. The van der Waals surface area contributed by atoms with Gasteiger partial charge in [-0.25, -0.2) is 9.98 Å². The number of hydrogen-bond donors (Lipinski definition) is 2. The van der Waals surface area contributed by atoms with Crippen LogP contribution >= 0.6 is 35.7 Å². The summed E-state index contributed by atoms with van der Waals surface area (Å²) in [6, 6.07) is 4.19. The maximum Gasteiger partial charge on any atom is 0.191 e. The maximum atomic E-state index is 4.67. The first-order chi connectivity index (χ1) is 11.5. The minimum atomic E-state index is 0. The molecule has 0 unspecified atom stereocenters. The van der Waals surface area contributed by atoms with E-state index < -0.39 is 0 Å². The van der Waals surface area contributed by atoms with E-state index in [1.54, 1.807) is 0 Å². The van der Waals surface area contributed by atoms with Gasteiger partial charge in [0, 0.05) is 37.1 Å². The average molecular weight is 479 g/mol. The van der Waals surface area contributed by atoms with Crippen molar-refractivity contribution in [3.8, 4) is 0 Å². The number of anilines is 1. The van der Waals surface area contributed by atoms with E-state index in [0.717, 1.165) is 43.5 Å². The summed E-state index contributed by atoms with van der Waals surface area (Å²) in [6.07, 6.45) is 4.06. The van der Waals surface area contributed by atoms with Crippen molar-refractivity contribution >= 4 is 47.5 Å². The predicted octanol–water partition coefficient (Wildman–Crippen LogP) is 3.74. The van der Waals surface area contributed by atoms with Crippen molar-refractivity contribution in [1.29, 1.82) is 0 Å². The van der Waals surface area contributed by atoms with Crippen LogP contribution in [0.1, 0.15) is 40.2 Å².